The van der Waals surface area contributed by atoms with Crippen molar-refractivity contribution in [3.8, 4) is 11.3 Å². The summed E-state index contributed by atoms with van der Waals surface area (Å²) >= 11 is 8.73. The summed E-state index contributed by atoms with van der Waals surface area (Å²) in [6, 6.07) is 24.5. The van der Waals surface area contributed by atoms with Gasteiger partial charge in [-0.1, -0.05) is 60.1 Å². The topological polar surface area (TPSA) is 71.1 Å². The van der Waals surface area contributed by atoms with Crippen LogP contribution < -0.4 is 10.6 Å². The molecule has 0 spiro atoms. The number of hydrogen-bond donors (Lipinski definition) is 2. The van der Waals surface area contributed by atoms with Crippen LogP contribution in [-0.4, -0.2) is 22.0 Å². The molecule has 3 aromatic carbocycles. The van der Waals surface area contributed by atoms with Crippen LogP contribution >= 0.6 is 34.7 Å². The zero-order valence-electron chi connectivity index (χ0n) is 18.8. The van der Waals surface area contributed by atoms with E-state index in [2.05, 4.69) is 15.6 Å². The minimum Gasteiger partial charge on any atom is -0.322 e. The monoisotopic (exact) mass is 519 g/mol. The predicted octanol–water partition coefficient (Wildman–Crippen LogP) is 7.23. The molecule has 8 heteroatoms. The normalized spacial score (nSPS) is 11.8. The quantitative estimate of drug-likeness (QED) is 0.190. The van der Waals surface area contributed by atoms with Gasteiger partial charge < -0.3 is 10.6 Å². The van der Waals surface area contributed by atoms with Crippen molar-refractivity contribution in [2.75, 3.05) is 10.6 Å². The van der Waals surface area contributed by atoms with Crippen LogP contribution in [0.2, 0.25) is 5.02 Å². The van der Waals surface area contributed by atoms with E-state index in [0.29, 0.717) is 15.8 Å². The summed E-state index contributed by atoms with van der Waals surface area (Å²) in [6.07, 6.45) is 3.26. The molecule has 1 atom stereocenters. The van der Waals surface area contributed by atoms with Crippen LogP contribution in [0.5, 0.6) is 0 Å². The van der Waals surface area contributed by atoms with Gasteiger partial charge in [-0.25, -0.2) is 4.98 Å². The average Bonchev–Trinajstić information content (AvgIpc) is 3.32. The standard InChI is InChI=1S/C27H22ClN3O2S2/c1-18(26(33)31-27-30-24(17-34-27)20-11-13-21(28)14-12-20)35-23-9-5-8-22(16-23)29-25(32)15-10-19-6-3-2-4-7-19/h2-18H,1H3,(H,29,32)(H,30,31,33)/b15-10+. The van der Waals surface area contributed by atoms with E-state index in [4.69, 9.17) is 11.6 Å². The molecule has 35 heavy (non-hydrogen) atoms. The van der Waals surface area contributed by atoms with Gasteiger partial charge in [-0.15, -0.1) is 23.1 Å². The van der Waals surface area contributed by atoms with Crippen molar-refractivity contribution in [3.63, 3.8) is 0 Å². The molecule has 0 aliphatic carbocycles. The zero-order valence-corrected chi connectivity index (χ0v) is 21.2. The number of hydrogen-bond acceptors (Lipinski definition) is 5. The highest BCUT2D eigenvalue weighted by molar-refractivity contribution is 8.00. The lowest BCUT2D eigenvalue weighted by molar-refractivity contribution is -0.115. The van der Waals surface area contributed by atoms with E-state index in [9.17, 15) is 9.59 Å². The molecule has 4 aromatic rings. The molecule has 0 bridgehead atoms. The van der Waals surface area contributed by atoms with Gasteiger partial charge in [0.1, 0.15) is 0 Å². The van der Waals surface area contributed by atoms with E-state index in [-0.39, 0.29) is 17.1 Å². The minimum absolute atomic E-state index is 0.146. The fraction of sp³-hybridized carbons (Fsp3) is 0.0741. The van der Waals surface area contributed by atoms with Crippen molar-refractivity contribution < 1.29 is 9.59 Å². The molecule has 4 rings (SSSR count). The third-order valence-corrected chi connectivity index (χ3v) is 6.99. The van der Waals surface area contributed by atoms with E-state index < -0.39 is 0 Å². The summed E-state index contributed by atoms with van der Waals surface area (Å²) in [6.45, 7) is 1.83. The Bertz CT molecular complexity index is 1340. The number of benzene rings is 3. The lowest BCUT2D eigenvalue weighted by atomic mass is 10.2. The number of rotatable bonds is 8. The van der Waals surface area contributed by atoms with E-state index in [1.165, 1.54) is 29.2 Å². The van der Waals surface area contributed by atoms with Gasteiger partial charge in [0.05, 0.1) is 10.9 Å². The van der Waals surface area contributed by atoms with Crippen molar-refractivity contribution in [1.29, 1.82) is 0 Å². The Morgan fingerprint density at radius 2 is 1.77 bits per heavy atom. The molecule has 2 N–H and O–H groups in total. The van der Waals surface area contributed by atoms with Crippen LogP contribution in [0.3, 0.4) is 0 Å². The molecule has 2 amide bonds. The molecule has 0 saturated heterocycles. The maximum absolute atomic E-state index is 12.7. The van der Waals surface area contributed by atoms with Crippen LogP contribution in [0.25, 0.3) is 17.3 Å². The molecule has 0 saturated carbocycles. The molecule has 0 fully saturated rings. The van der Waals surface area contributed by atoms with Crippen molar-refractivity contribution >= 4 is 63.4 Å². The molecule has 0 aliphatic heterocycles. The van der Waals surface area contributed by atoms with Gasteiger partial charge in [0.25, 0.3) is 0 Å². The van der Waals surface area contributed by atoms with Crippen LogP contribution in [0, 0.1) is 0 Å². The molecular weight excluding hydrogens is 498 g/mol. The molecular formula is C27H22ClN3O2S2. The summed E-state index contributed by atoms with van der Waals surface area (Å²) in [4.78, 5) is 30.4. The third kappa shape index (κ3) is 7.29. The number of anilines is 2. The number of thioether (sulfide) groups is 1. The van der Waals surface area contributed by atoms with Crippen LogP contribution in [-0.2, 0) is 9.59 Å². The Labute approximate surface area is 217 Å². The fourth-order valence-electron chi connectivity index (χ4n) is 3.12. The van der Waals surface area contributed by atoms with Crippen molar-refractivity contribution in [2.45, 2.75) is 17.1 Å². The van der Waals surface area contributed by atoms with Crippen molar-refractivity contribution in [1.82, 2.24) is 4.98 Å². The summed E-state index contributed by atoms with van der Waals surface area (Å²) < 4.78 is 0. The molecule has 5 nitrogen and oxygen atoms in total. The highest BCUT2D eigenvalue weighted by atomic mass is 35.5. The number of thiazole rings is 1. The first-order valence-corrected chi connectivity index (χ1v) is 12.9. The zero-order chi connectivity index (χ0) is 24.6. The number of amides is 2. The first kappa shape index (κ1) is 24.7. The van der Waals surface area contributed by atoms with Gasteiger partial charge in [-0.05, 0) is 48.9 Å². The molecule has 1 unspecified atom stereocenters. The second-order valence-corrected chi connectivity index (χ2v) is 10.3. The summed E-state index contributed by atoms with van der Waals surface area (Å²) in [5, 5.41) is 8.49. The van der Waals surface area contributed by atoms with Gasteiger partial charge in [0, 0.05) is 32.6 Å². The highest BCUT2D eigenvalue weighted by Gasteiger charge is 2.17. The number of carbonyl (C=O) groups is 2. The second-order valence-electron chi connectivity index (χ2n) is 7.56. The van der Waals surface area contributed by atoms with E-state index in [1.807, 2.05) is 91.2 Å². The lowest BCUT2D eigenvalue weighted by Gasteiger charge is -2.11. The summed E-state index contributed by atoms with van der Waals surface area (Å²) in [7, 11) is 0. The Kier molecular flexibility index (Phi) is 8.36. The first-order valence-electron chi connectivity index (χ1n) is 10.8. The highest BCUT2D eigenvalue weighted by Crippen LogP contribution is 2.29. The molecule has 1 heterocycles. The largest absolute Gasteiger partial charge is 0.322 e. The van der Waals surface area contributed by atoms with Gasteiger partial charge in [-0.3, -0.25) is 9.59 Å². The maximum atomic E-state index is 12.7. The Morgan fingerprint density at radius 3 is 2.54 bits per heavy atom. The Morgan fingerprint density at radius 1 is 1.00 bits per heavy atom. The van der Waals surface area contributed by atoms with Gasteiger partial charge in [0.15, 0.2) is 5.13 Å². The van der Waals surface area contributed by atoms with Crippen molar-refractivity contribution in [3.05, 3.63) is 101 Å². The lowest BCUT2D eigenvalue weighted by Crippen LogP contribution is -2.22. The number of halogens is 1. The Hall–Kier alpha value is -3.39. The van der Waals surface area contributed by atoms with E-state index in [1.54, 1.807) is 6.08 Å². The van der Waals surface area contributed by atoms with Gasteiger partial charge in [0.2, 0.25) is 11.8 Å². The van der Waals surface area contributed by atoms with Crippen molar-refractivity contribution in [2.24, 2.45) is 0 Å². The van der Waals surface area contributed by atoms with E-state index in [0.717, 1.165) is 21.7 Å². The van der Waals surface area contributed by atoms with Gasteiger partial charge in [-0.2, -0.15) is 0 Å². The summed E-state index contributed by atoms with van der Waals surface area (Å²) in [5.74, 6) is -0.366. The number of aromatic nitrogens is 1. The molecule has 0 radical (unpaired) electrons. The predicted molar refractivity (Wildman–Crippen MR) is 147 cm³/mol. The number of carbonyl (C=O) groups excluding carboxylic acids is 2. The Balaban J connectivity index is 1.32. The fourth-order valence-corrected chi connectivity index (χ4v) is 4.89. The molecule has 0 aliphatic rings. The average molecular weight is 520 g/mol. The second kappa shape index (κ2) is 11.8. The SMILES string of the molecule is CC(Sc1cccc(NC(=O)/C=C/c2ccccc2)c1)C(=O)Nc1nc(-c2ccc(Cl)cc2)cs1. The molecule has 1 aromatic heterocycles. The first-order chi connectivity index (χ1) is 17.0. The smallest absolute Gasteiger partial charge is 0.248 e. The molecule has 176 valence electrons. The minimum atomic E-state index is -0.359. The van der Waals surface area contributed by atoms with E-state index >= 15 is 0 Å². The summed E-state index contributed by atoms with van der Waals surface area (Å²) in [5.41, 5.74) is 3.34. The van der Waals surface area contributed by atoms with Crippen LogP contribution in [0.1, 0.15) is 12.5 Å². The van der Waals surface area contributed by atoms with Gasteiger partial charge >= 0.3 is 0 Å². The maximum Gasteiger partial charge on any atom is 0.248 e. The number of nitrogens with zero attached hydrogens (tertiary/aromatic N) is 1. The van der Waals surface area contributed by atoms with Crippen LogP contribution in [0.15, 0.2) is 95.2 Å². The number of nitrogens with one attached hydrogen (secondary N) is 2. The third-order valence-electron chi connectivity index (χ3n) is 4.88. The van der Waals surface area contributed by atoms with Crippen LogP contribution in [0.4, 0.5) is 10.8 Å².